The molecule has 1 aromatic carbocycles. The second kappa shape index (κ2) is 6.09. The molecule has 2 heterocycles. The highest BCUT2D eigenvalue weighted by Crippen LogP contribution is 2.30. The lowest BCUT2D eigenvalue weighted by molar-refractivity contribution is 0.385. The van der Waals surface area contributed by atoms with Crippen molar-refractivity contribution >= 4 is 39.4 Å². The number of halogens is 1. The molecular weight excluding hydrogens is 314 g/mol. The Kier molecular flexibility index (Phi) is 3.97. The maximum absolute atomic E-state index is 6.26. The molecule has 2 aromatic rings. The lowest BCUT2D eigenvalue weighted by Gasteiger charge is -2.23. The molecule has 2 aliphatic rings. The summed E-state index contributed by atoms with van der Waals surface area (Å²) in [7, 11) is 0. The number of nitrogens with zero attached hydrogens (tertiary/aromatic N) is 2. The number of rotatable bonds is 2. The predicted octanol–water partition coefficient (Wildman–Crippen LogP) is 4.39. The fraction of sp³-hybridized carbons (Fsp3) is 0.412. The Bertz CT molecular complexity index is 731. The van der Waals surface area contributed by atoms with E-state index in [0.717, 1.165) is 26.8 Å². The van der Waals surface area contributed by atoms with Crippen molar-refractivity contribution in [1.82, 2.24) is 10.3 Å². The van der Waals surface area contributed by atoms with E-state index < -0.39 is 0 Å². The maximum atomic E-state index is 6.26. The van der Waals surface area contributed by atoms with Gasteiger partial charge in [0.2, 0.25) is 0 Å². The van der Waals surface area contributed by atoms with Crippen molar-refractivity contribution in [2.75, 3.05) is 0 Å². The van der Waals surface area contributed by atoms with Crippen molar-refractivity contribution in [2.45, 2.75) is 43.5 Å². The Balaban J connectivity index is 1.52. The van der Waals surface area contributed by atoms with Gasteiger partial charge in [-0.1, -0.05) is 42.3 Å². The Hall–Kier alpha value is -1.26. The first-order valence-electron chi connectivity index (χ1n) is 7.80. The Morgan fingerprint density at radius 3 is 3.05 bits per heavy atom. The van der Waals surface area contributed by atoms with Gasteiger partial charge < -0.3 is 5.32 Å². The zero-order valence-corrected chi connectivity index (χ0v) is 13.8. The number of aromatic nitrogens is 1. The third-order valence-electron chi connectivity index (χ3n) is 4.49. The molecule has 0 amide bonds. The average molecular weight is 332 g/mol. The third-order valence-corrected chi connectivity index (χ3v) is 5.77. The number of nitrogens with one attached hydrogen (secondary N) is 1. The number of pyridine rings is 1. The van der Waals surface area contributed by atoms with Crippen molar-refractivity contribution in [2.24, 2.45) is 4.99 Å². The van der Waals surface area contributed by atoms with Crippen LogP contribution in [0.4, 0.5) is 0 Å². The number of hydrogen-bond acceptors (Lipinski definition) is 4. The van der Waals surface area contributed by atoms with E-state index in [0.29, 0.717) is 12.1 Å². The van der Waals surface area contributed by atoms with Crippen molar-refractivity contribution in [1.29, 1.82) is 0 Å². The summed E-state index contributed by atoms with van der Waals surface area (Å²) in [6.07, 6.45) is 6.95. The van der Waals surface area contributed by atoms with Crippen molar-refractivity contribution in [3.63, 3.8) is 0 Å². The molecule has 1 aliphatic carbocycles. The SMILES string of the molecule is Clc1ccc(CSC2=NC3CCCCC3N2)c2ncccc12. The molecule has 0 bridgehead atoms. The number of thioether (sulfide) groups is 1. The molecule has 22 heavy (non-hydrogen) atoms. The predicted molar refractivity (Wildman–Crippen MR) is 94.7 cm³/mol. The van der Waals surface area contributed by atoms with Crippen LogP contribution >= 0.6 is 23.4 Å². The van der Waals surface area contributed by atoms with E-state index in [1.54, 1.807) is 11.8 Å². The second-order valence-corrected chi connectivity index (χ2v) is 7.30. The lowest BCUT2D eigenvalue weighted by Crippen LogP contribution is -2.36. The molecular formula is C17H18ClN3S. The van der Waals surface area contributed by atoms with Crippen LogP contribution in [0.5, 0.6) is 0 Å². The van der Waals surface area contributed by atoms with Gasteiger partial charge in [0.25, 0.3) is 0 Å². The van der Waals surface area contributed by atoms with Gasteiger partial charge in [-0.25, -0.2) is 0 Å². The van der Waals surface area contributed by atoms with E-state index in [-0.39, 0.29) is 0 Å². The molecule has 1 fully saturated rings. The summed E-state index contributed by atoms with van der Waals surface area (Å²) in [5.41, 5.74) is 2.21. The fourth-order valence-electron chi connectivity index (χ4n) is 3.32. The zero-order valence-electron chi connectivity index (χ0n) is 12.3. The van der Waals surface area contributed by atoms with Crippen LogP contribution in [0.3, 0.4) is 0 Å². The normalized spacial score (nSPS) is 24.0. The minimum Gasteiger partial charge on any atom is -0.360 e. The first-order valence-corrected chi connectivity index (χ1v) is 9.17. The van der Waals surface area contributed by atoms with Crippen molar-refractivity contribution < 1.29 is 0 Å². The van der Waals surface area contributed by atoms with E-state index in [1.165, 1.54) is 31.2 Å². The highest BCUT2D eigenvalue weighted by molar-refractivity contribution is 8.13. The molecule has 2 atom stereocenters. The van der Waals surface area contributed by atoms with Crippen LogP contribution in [0.1, 0.15) is 31.2 Å². The number of fused-ring (bicyclic) bond motifs is 2. The van der Waals surface area contributed by atoms with Crippen LogP contribution in [0, 0.1) is 0 Å². The monoisotopic (exact) mass is 331 g/mol. The number of amidine groups is 1. The summed E-state index contributed by atoms with van der Waals surface area (Å²) in [6, 6.07) is 9.06. The molecule has 1 aromatic heterocycles. The smallest absolute Gasteiger partial charge is 0.157 e. The van der Waals surface area contributed by atoms with E-state index >= 15 is 0 Å². The summed E-state index contributed by atoms with van der Waals surface area (Å²) in [5.74, 6) is 0.871. The molecule has 0 radical (unpaired) electrons. The first-order chi connectivity index (χ1) is 10.8. The minimum absolute atomic E-state index is 0.497. The molecule has 2 unspecified atom stereocenters. The van der Waals surface area contributed by atoms with E-state index in [2.05, 4.69) is 16.4 Å². The lowest BCUT2D eigenvalue weighted by atomic mass is 9.92. The second-order valence-electron chi connectivity index (χ2n) is 5.93. The summed E-state index contributed by atoms with van der Waals surface area (Å²) in [6.45, 7) is 0. The molecule has 1 aliphatic heterocycles. The van der Waals surface area contributed by atoms with Crippen LogP contribution in [-0.2, 0) is 5.75 Å². The van der Waals surface area contributed by atoms with Crippen LogP contribution in [-0.4, -0.2) is 22.2 Å². The van der Waals surface area contributed by atoms with Crippen molar-refractivity contribution in [3.05, 3.63) is 41.0 Å². The van der Waals surface area contributed by atoms with Crippen LogP contribution in [0.15, 0.2) is 35.5 Å². The van der Waals surface area contributed by atoms with Gasteiger partial charge in [-0.05, 0) is 36.6 Å². The van der Waals surface area contributed by atoms with Crippen LogP contribution < -0.4 is 5.32 Å². The quantitative estimate of drug-likeness (QED) is 0.886. The van der Waals surface area contributed by atoms with E-state index in [1.807, 2.05) is 24.4 Å². The Morgan fingerprint density at radius 1 is 1.23 bits per heavy atom. The first kappa shape index (κ1) is 14.3. The molecule has 4 rings (SSSR count). The standard InChI is InChI=1S/C17H18ClN3S/c18-13-8-7-11(16-12(13)4-3-9-19-16)10-22-17-20-14-5-1-2-6-15(14)21-17/h3-4,7-9,14-15H,1-2,5-6,10H2,(H,20,21). The Morgan fingerprint density at radius 2 is 2.14 bits per heavy atom. The molecule has 1 saturated carbocycles. The third kappa shape index (κ3) is 2.70. The van der Waals surface area contributed by atoms with Gasteiger partial charge in [-0.2, -0.15) is 0 Å². The number of aliphatic imine (C=N–C) groups is 1. The van der Waals surface area contributed by atoms with E-state index in [4.69, 9.17) is 16.6 Å². The van der Waals surface area contributed by atoms with Gasteiger partial charge in [0, 0.05) is 22.4 Å². The highest BCUT2D eigenvalue weighted by Gasteiger charge is 2.30. The van der Waals surface area contributed by atoms with Crippen LogP contribution in [0.2, 0.25) is 5.02 Å². The zero-order chi connectivity index (χ0) is 14.9. The summed E-state index contributed by atoms with van der Waals surface area (Å²) in [4.78, 5) is 9.35. The van der Waals surface area contributed by atoms with Gasteiger partial charge in [-0.15, -0.1) is 0 Å². The number of benzene rings is 1. The summed E-state index contributed by atoms with van der Waals surface area (Å²) >= 11 is 8.04. The molecule has 3 nitrogen and oxygen atoms in total. The maximum Gasteiger partial charge on any atom is 0.157 e. The molecule has 5 heteroatoms. The molecule has 0 saturated heterocycles. The number of hydrogen-bond donors (Lipinski definition) is 1. The van der Waals surface area contributed by atoms with Gasteiger partial charge in [0.1, 0.15) is 0 Å². The molecule has 0 spiro atoms. The van der Waals surface area contributed by atoms with Gasteiger partial charge in [0.15, 0.2) is 5.17 Å². The van der Waals surface area contributed by atoms with E-state index in [9.17, 15) is 0 Å². The van der Waals surface area contributed by atoms with Gasteiger partial charge in [-0.3, -0.25) is 9.98 Å². The summed E-state index contributed by atoms with van der Waals surface area (Å²) in [5, 5.41) is 6.47. The Labute approximate surface area is 139 Å². The topological polar surface area (TPSA) is 37.3 Å². The van der Waals surface area contributed by atoms with Crippen LogP contribution in [0.25, 0.3) is 10.9 Å². The molecule has 114 valence electrons. The fourth-order valence-corrected chi connectivity index (χ4v) is 4.50. The highest BCUT2D eigenvalue weighted by atomic mass is 35.5. The van der Waals surface area contributed by atoms with Gasteiger partial charge in [0.05, 0.1) is 17.6 Å². The van der Waals surface area contributed by atoms with Crippen molar-refractivity contribution in [3.8, 4) is 0 Å². The molecule has 1 N–H and O–H groups in total. The van der Waals surface area contributed by atoms with Gasteiger partial charge >= 0.3 is 0 Å². The largest absolute Gasteiger partial charge is 0.360 e. The minimum atomic E-state index is 0.497. The summed E-state index contributed by atoms with van der Waals surface area (Å²) < 4.78 is 0. The average Bonchev–Trinajstić information content (AvgIpc) is 2.97.